The lowest BCUT2D eigenvalue weighted by molar-refractivity contribution is -0.121. The Morgan fingerprint density at radius 2 is 2.00 bits per heavy atom. The summed E-state index contributed by atoms with van der Waals surface area (Å²) in [5.41, 5.74) is 1.95. The first-order valence-corrected chi connectivity index (χ1v) is 6.29. The van der Waals surface area contributed by atoms with Crippen molar-refractivity contribution in [2.45, 2.75) is 32.7 Å². The Labute approximate surface area is 107 Å². The molecule has 1 aromatic heterocycles. The van der Waals surface area contributed by atoms with Crippen LogP contribution in [0.1, 0.15) is 26.0 Å². The summed E-state index contributed by atoms with van der Waals surface area (Å²) in [6.07, 6.45) is 1.17. The van der Waals surface area contributed by atoms with Crippen molar-refractivity contribution in [3.05, 3.63) is 42.1 Å². The summed E-state index contributed by atoms with van der Waals surface area (Å²) < 4.78 is 0. The van der Waals surface area contributed by atoms with Crippen LogP contribution in [0.3, 0.4) is 0 Å². The third-order valence-electron chi connectivity index (χ3n) is 2.71. The van der Waals surface area contributed by atoms with Crippen molar-refractivity contribution in [1.29, 1.82) is 0 Å². The van der Waals surface area contributed by atoms with Crippen LogP contribution >= 0.6 is 0 Å². The zero-order valence-electron chi connectivity index (χ0n) is 10.8. The minimum Gasteiger partial charge on any atom is -0.354 e. The number of nitrogens with one attached hydrogen (secondary N) is 1. The lowest BCUT2D eigenvalue weighted by atomic mass is 10.1. The fraction of sp³-hybridized carbons (Fsp3) is 0.333. The Balaban J connectivity index is 2.01. The van der Waals surface area contributed by atoms with Crippen molar-refractivity contribution in [3.8, 4) is 0 Å². The highest BCUT2D eigenvalue weighted by Crippen LogP contribution is 2.12. The van der Waals surface area contributed by atoms with Crippen LogP contribution < -0.4 is 5.32 Å². The number of nitrogens with zero attached hydrogens (tertiary/aromatic N) is 1. The van der Waals surface area contributed by atoms with Crippen LogP contribution in [-0.2, 0) is 11.2 Å². The molecule has 0 saturated heterocycles. The maximum absolute atomic E-state index is 11.6. The minimum absolute atomic E-state index is 0.0833. The van der Waals surface area contributed by atoms with Crippen LogP contribution in [0.4, 0.5) is 0 Å². The normalized spacial score (nSPS) is 10.8. The van der Waals surface area contributed by atoms with E-state index in [4.69, 9.17) is 0 Å². The molecule has 0 aliphatic carbocycles. The van der Waals surface area contributed by atoms with Gasteiger partial charge in [-0.25, -0.2) is 0 Å². The van der Waals surface area contributed by atoms with E-state index in [-0.39, 0.29) is 11.9 Å². The molecular weight excluding hydrogens is 224 g/mol. The molecule has 0 spiro atoms. The number of hydrogen-bond acceptors (Lipinski definition) is 2. The number of rotatable bonds is 4. The molecule has 1 heterocycles. The van der Waals surface area contributed by atoms with E-state index in [0.29, 0.717) is 12.8 Å². The van der Waals surface area contributed by atoms with Crippen molar-refractivity contribution in [1.82, 2.24) is 10.3 Å². The monoisotopic (exact) mass is 242 g/mol. The quantitative estimate of drug-likeness (QED) is 0.895. The standard InChI is InChI=1S/C15H18N2O/c1-11(2)16-15(18)10-9-13-8-7-12-5-3-4-6-14(12)17-13/h3-8,11H,9-10H2,1-2H3,(H,16,18). The van der Waals surface area contributed by atoms with Crippen LogP contribution in [0.15, 0.2) is 36.4 Å². The molecule has 0 fully saturated rings. The fourth-order valence-corrected chi connectivity index (χ4v) is 1.88. The van der Waals surface area contributed by atoms with Crippen LogP contribution in [-0.4, -0.2) is 16.9 Å². The van der Waals surface area contributed by atoms with Crippen LogP contribution in [0, 0.1) is 0 Å². The molecule has 0 unspecified atom stereocenters. The second-order valence-corrected chi connectivity index (χ2v) is 4.72. The topological polar surface area (TPSA) is 42.0 Å². The van der Waals surface area contributed by atoms with Gasteiger partial charge in [0.2, 0.25) is 5.91 Å². The van der Waals surface area contributed by atoms with Gasteiger partial charge in [0.15, 0.2) is 0 Å². The summed E-state index contributed by atoms with van der Waals surface area (Å²) in [6.45, 7) is 3.93. The van der Waals surface area contributed by atoms with Gasteiger partial charge in [-0.15, -0.1) is 0 Å². The highest BCUT2D eigenvalue weighted by atomic mass is 16.1. The Morgan fingerprint density at radius 1 is 1.22 bits per heavy atom. The number of hydrogen-bond donors (Lipinski definition) is 1. The zero-order chi connectivity index (χ0) is 13.0. The summed E-state index contributed by atoms with van der Waals surface area (Å²) in [5.74, 6) is 0.0833. The Hall–Kier alpha value is -1.90. The van der Waals surface area contributed by atoms with Crippen molar-refractivity contribution < 1.29 is 4.79 Å². The molecular formula is C15H18N2O. The predicted octanol–water partition coefficient (Wildman–Crippen LogP) is 2.69. The molecule has 1 N–H and O–H groups in total. The third-order valence-corrected chi connectivity index (χ3v) is 2.71. The average Bonchev–Trinajstić information content (AvgIpc) is 2.35. The summed E-state index contributed by atoms with van der Waals surface area (Å²) in [6, 6.07) is 12.2. The van der Waals surface area contributed by atoms with Gasteiger partial charge in [-0.2, -0.15) is 0 Å². The van der Waals surface area contributed by atoms with E-state index < -0.39 is 0 Å². The number of benzene rings is 1. The number of aromatic nitrogens is 1. The molecule has 2 aromatic rings. The molecule has 1 amide bonds. The fourth-order valence-electron chi connectivity index (χ4n) is 1.88. The van der Waals surface area contributed by atoms with Gasteiger partial charge >= 0.3 is 0 Å². The van der Waals surface area contributed by atoms with E-state index in [9.17, 15) is 4.79 Å². The molecule has 1 aromatic carbocycles. The molecule has 0 bridgehead atoms. The lowest BCUT2D eigenvalue weighted by Crippen LogP contribution is -2.30. The van der Waals surface area contributed by atoms with Crippen molar-refractivity contribution in [2.24, 2.45) is 0 Å². The molecule has 18 heavy (non-hydrogen) atoms. The van der Waals surface area contributed by atoms with Gasteiger partial charge < -0.3 is 5.32 Å². The summed E-state index contributed by atoms with van der Waals surface area (Å²) in [5, 5.41) is 4.02. The Morgan fingerprint density at radius 3 is 2.78 bits per heavy atom. The van der Waals surface area contributed by atoms with Crippen molar-refractivity contribution >= 4 is 16.8 Å². The van der Waals surface area contributed by atoms with E-state index in [1.807, 2.05) is 44.2 Å². The number of amides is 1. The van der Waals surface area contributed by atoms with Crippen molar-refractivity contribution in [2.75, 3.05) is 0 Å². The van der Waals surface area contributed by atoms with Crippen LogP contribution in [0.5, 0.6) is 0 Å². The van der Waals surface area contributed by atoms with Crippen LogP contribution in [0.25, 0.3) is 10.9 Å². The SMILES string of the molecule is CC(C)NC(=O)CCc1ccc2ccccc2n1. The van der Waals surface area contributed by atoms with Gasteiger partial charge in [0.05, 0.1) is 5.52 Å². The van der Waals surface area contributed by atoms with E-state index in [0.717, 1.165) is 16.6 Å². The minimum atomic E-state index is 0.0833. The number of fused-ring (bicyclic) bond motifs is 1. The number of carbonyl (C=O) groups is 1. The molecule has 0 aliphatic rings. The van der Waals surface area contributed by atoms with E-state index >= 15 is 0 Å². The van der Waals surface area contributed by atoms with Gasteiger partial charge in [-0.05, 0) is 32.4 Å². The Kier molecular flexibility index (Phi) is 3.92. The molecule has 3 nitrogen and oxygen atoms in total. The first-order valence-electron chi connectivity index (χ1n) is 6.29. The van der Waals surface area contributed by atoms with E-state index in [1.54, 1.807) is 0 Å². The second kappa shape index (κ2) is 5.63. The first kappa shape index (κ1) is 12.6. The lowest BCUT2D eigenvalue weighted by Gasteiger charge is -2.08. The molecule has 0 radical (unpaired) electrons. The highest BCUT2D eigenvalue weighted by molar-refractivity contribution is 5.79. The highest BCUT2D eigenvalue weighted by Gasteiger charge is 2.05. The van der Waals surface area contributed by atoms with Gasteiger partial charge in [-0.1, -0.05) is 24.3 Å². The van der Waals surface area contributed by atoms with Gasteiger partial charge in [0.25, 0.3) is 0 Å². The van der Waals surface area contributed by atoms with Gasteiger partial charge in [-0.3, -0.25) is 9.78 Å². The molecule has 3 heteroatoms. The first-order chi connectivity index (χ1) is 8.65. The van der Waals surface area contributed by atoms with E-state index in [1.165, 1.54) is 0 Å². The molecule has 0 aliphatic heterocycles. The van der Waals surface area contributed by atoms with Crippen molar-refractivity contribution in [3.63, 3.8) is 0 Å². The molecule has 0 saturated carbocycles. The summed E-state index contributed by atoms with van der Waals surface area (Å²) in [7, 11) is 0. The molecule has 2 rings (SSSR count). The number of carbonyl (C=O) groups excluding carboxylic acids is 1. The average molecular weight is 242 g/mol. The molecule has 0 atom stereocenters. The van der Waals surface area contributed by atoms with E-state index in [2.05, 4.69) is 16.4 Å². The summed E-state index contributed by atoms with van der Waals surface area (Å²) in [4.78, 5) is 16.1. The third kappa shape index (κ3) is 3.29. The maximum Gasteiger partial charge on any atom is 0.220 e. The number of pyridine rings is 1. The predicted molar refractivity (Wildman–Crippen MR) is 73.3 cm³/mol. The van der Waals surface area contributed by atoms with Crippen LogP contribution in [0.2, 0.25) is 0 Å². The maximum atomic E-state index is 11.6. The number of para-hydroxylation sites is 1. The smallest absolute Gasteiger partial charge is 0.220 e. The molecule has 94 valence electrons. The van der Waals surface area contributed by atoms with Gasteiger partial charge in [0, 0.05) is 23.5 Å². The number of aryl methyl sites for hydroxylation is 1. The second-order valence-electron chi connectivity index (χ2n) is 4.72. The largest absolute Gasteiger partial charge is 0.354 e. The van der Waals surface area contributed by atoms with Gasteiger partial charge in [0.1, 0.15) is 0 Å². The zero-order valence-corrected chi connectivity index (χ0v) is 10.8. The summed E-state index contributed by atoms with van der Waals surface area (Å²) >= 11 is 0. The Bertz CT molecular complexity index is 549.